The van der Waals surface area contributed by atoms with Gasteiger partial charge in [0, 0.05) is 33.4 Å². The molecule has 2 aromatic carbocycles. The first-order valence-electron chi connectivity index (χ1n) is 8.67. The minimum absolute atomic E-state index is 0.236. The summed E-state index contributed by atoms with van der Waals surface area (Å²) in [4.78, 5) is 27.8. The van der Waals surface area contributed by atoms with Gasteiger partial charge in [-0.2, -0.15) is 0 Å². The van der Waals surface area contributed by atoms with E-state index >= 15 is 0 Å². The fourth-order valence-corrected chi connectivity index (χ4v) is 2.46. The van der Waals surface area contributed by atoms with Gasteiger partial charge in [-0.3, -0.25) is 4.79 Å². The quantitative estimate of drug-likeness (QED) is 0.717. The van der Waals surface area contributed by atoms with Crippen LogP contribution in [-0.4, -0.2) is 44.5 Å². The Morgan fingerprint density at radius 3 is 2.00 bits per heavy atom. The first-order valence-corrected chi connectivity index (χ1v) is 8.67. The van der Waals surface area contributed by atoms with Gasteiger partial charge in [-0.15, -0.1) is 0 Å². The van der Waals surface area contributed by atoms with Crippen LogP contribution < -0.4 is 4.90 Å². The van der Waals surface area contributed by atoms with Crippen molar-refractivity contribution in [3.8, 4) is 0 Å². The van der Waals surface area contributed by atoms with Gasteiger partial charge in [0.05, 0.1) is 5.56 Å². The van der Waals surface area contributed by atoms with Crippen LogP contribution in [0.5, 0.6) is 0 Å². The average Bonchev–Trinajstić information content (AvgIpc) is 2.66. The summed E-state index contributed by atoms with van der Waals surface area (Å²) >= 11 is 0. The number of esters is 1. The highest BCUT2D eigenvalue weighted by molar-refractivity contribution is 5.91. The summed E-state index contributed by atoms with van der Waals surface area (Å²) in [5.41, 5.74) is 3.73. The molecule has 0 aliphatic carbocycles. The second-order valence-corrected chi connectivity index (χ2v) is 6.44. The summed E-state index contributed by atoms with van der Waals surface area (Å²) in [6.07, 6.45) is 0.911. The molecule has 138 valence electrons. The molecule has 0 saturated carbocycles. The van der Waals surface area contributed by atoms with Crippen LogP contribution in [0.4, 0.5) is 5.69 Å². The monoisotopic (exact) mass is 354 g/mol. The Morgan fingerprint density at radius 2 is 1.46 bits per heavy atom. The number of hydrogen-bond donors (Lipinski definition) is 0. The van der Waals surface area contributed by atoms with Gasteiger partial charge in [0.15, 0.2) is 6.61 Å². The number of rotatable bonds is 7. The molecular weight excluding hydrogens is 328 g/mol. The third-order valence-electron chi connectivity index (χ3n) is 4.22. The van der Waals surface area contributed by atoms with Crippen molar-refractivity contribution in [2.75, 3.05) is 32.6 Å². The van der Waals surface area contributed by atoms with Gasteiger partial charge < -0.3 is 14.5 Å². The Balaban J connectivity index is 1.85. The lowest BCUT2D eigenvalue weighted by molar-refractivity contribution is -0.133. The maximum absolute atomic E-state index is 12.2. The highest BCUT2D eigenvalue weighted by Crippen LogP contribution is 2.13. The van der Waals surface area contributed by atoms with Crippen molar-refractivity contribution < 1.29 is 14.3 Å². The largest absolute Gasteiger partial charge is 0.452 e. The summed E-state index contributed by atoms with van der Waals surface area (Å²) in [5, 5.41) is 0. The molecule has 0 atom stereocenters. The van der Waals surface area contributed by atoms with E-state index in [4.69, 9.17) is 4.74 Å². The lowest BCUT2D eigenvalue weighted by Crippen LogP contribution is -2.30. The number of carbonyl (C=O) groups is 2. The van der Waals surface area contributed by atoms with Crippen LogP contribution >= 0.6 is 0 Å². The molecule has 1 amide bonds. The van der Waals surface area contributed by atoms with Crippen LogP contribution in [0.25, 0.3) is 0 Å². The zero-order chi connectivity index (χ0) is 19.1. The number of likely N-dealkylation sites (N-methyl/N-ethyl adjacent to an activating group) is 1. The zero-order valence-corrected chi connectivity index (χ0v) is 15.9. The van der Waals surface area contributed by atoms with Crippen LogP contribution in [0.15, 0.2) is 48.5 Å². The van der Waals surface area contributed by atoms with E-state index in [9.17, 15) is 9.59 Å². The van der Waals surface area contributed by atoms with Gasteiger partial charge in [0.2, 0.25) is 0 Å². The van der Waals surface area contributed by atoms with Crippen LogP contribution in [0.1, 0.15) is 28.4 Å². The molecular formula is C21H26N2O3. The van der Waals surface area contributed by atoms with E-state index in [0.717, 1.165) is 23.2 Å². The second kappa shape index (κ2) is 9.04. The van der Waals surface area contributed by atoms with Crippen LogP contribution in [0.2, 0.25) is 0 Å². The van der Waals surface area contributed by atoms with Crippen LogP contribution in [0, 0.1) is 0 Å². The molecule has 0 aliphatic heterocycles. The van der Waals surface area contributed by atoms with Crippen molar-refractivity contribution in [3.05, 3.63) is 65.2 Å². The number of nitrogens with zero attached hydrogens (tertiary/aromatic N) is 2. The van der Waals surface area contributed by atoms with E-state index in [2.05, 4.69) is 6.92 Å². The van der Waals surface area contributed by atoms with Gasteiger partial charge in [-0.05, 0) is 41.8 Å². The predicted octanol–water partition coefficient (Wildman–Crippen LogP) is 3.13. The normalized spacial score (nSPS) is 10.3. The van der Waals surface area contributed by atoms with E-state index in [1.807, 2.05) is 55.4 Å². The summed E-state index contributed by atoms with van der Waals surface area (Å²) in [6, 6.07) is 15.2. The molecule has 0 bridgehead atoms. The highest BCUT2D eigenvalue weighted by atomic mass is 16.5. The van der Waals surface area contributed by atoms with Gasteiger partial charge >= 0.3 is 5.97 Å². The van der Waals surface area contributed by atoms with E-state index in [0.29, 0.717) is 12.1 Å². The summed E-state index contributed by atoms with van der Waals surface area (Å²) in [7, 11) is 5.66. The molecule has 2 aromatic rings. The highest BCUT2D eigenvalue weighted by Gasteiger charge is 2.14. The number of ether oxygens (including phenoxy) is 1. The van der Waals surface area contributed by atoms with Crippen molar-refractivity contribution in [2.24, 2.45) is 0 Å². The van der Waals surface area contributed by atoms with Crippen LogP contribution in [-0.2, 0) is 22.5 Å². The lowest BCUT2D eigenvalue weighted by Gasteiger charge is -2.18. The summed E-state index contributed by atoms with van der Waals surface area (Å²) < 4.78 is 5.14. The SMILES string of the molecule is CCc1ccc(C(=O)OCC(=O)N(C)Cc2ccc(N(C)C)cc2)cc1. The number of anilines is 1. The zero-order valence-electron chi connectivity index (χ0n) is 15.9. The maximum atomic E-state index is 12.2. The van der Waals surface area contributed by atoms with E-state index in [1.54, 1.807) is 24.1 Å². The number of hydrogen-bond acceptors (Lipinski definition) is 4. The number of aryl methyl sites for hydroxylation is 1. The third-order valence-corrected chi connectivity index (χ3v) is 4.22. The van der Waals surface area contributed by atoms with E-state index < -0.39 is 5.97 Å². The molecule has 0 fully saturated rings. The fraction of sp³-hybridized carbons (Fsp3) is 0.333. The smallest absolute Gasteiger partial charge is 0.338 e. The van der Waals surface area contributed by atoms with Crippen LogP contribution in [0.3, 0.4) is 0 Å². The van der Waals surface area contributed by atoms with Gasteiger partial charge in [0.25, 0.3) is 5.91 Å². The Kier molecular flexibility index (Phi) is 6.78. The maximum Gasteiger partial charge on any atom is 0.338 e. The lowest BCUT2D eigenvalue weighted by atomic mass is 10.1. The van der Waals surface area contributed by atoms with Gasteiger partial charge in [0.1, 0.15) is 0 Å². The van der Waals surface area contributed by atoms with Crippen molar-refractivity contribution in [1.29, 1.82) is 0 Å². The minimum atomic E-state index is -0.482. The molecule has 0 aromatic heterocycles. The molecule has 0 saturated heterocycles. The molecule has 26 heavy (non-hydrogen) atoms. The van der Waals surface area contributed by atoms with Crippen molar-refractivity contribution >= 4 is 17.6 Å². The third kappa shape index (κ3) is 5.34. The average molecular weight is 354 g/mol. The molecule has 0 N–H and O–H groups in total. The molecule has 0 radical (unpaired) electrons. The molecule has 0 spiro atoms. The number of benzene rings is 2. The topological polar surface area (TPSA) is 49.9 Å². The predicted molar refractivity (Wildman–Crippen MR) is 103 cm³/mol. The molecule has 0 unspecified atom stereocenters. The summed E-state index contributed by atoms with van der Waals surface area (Å²) in [5.74, 6) is -0.718. The standard InChI is InChI=1S/C21H26N2O3/c1-5-16-6-10-18(11-7-16)21(25)26-15-20(24)23(4)14-17-8-12-19(13-9-17)22(2)3/h6-13H,5,14-15H2,1-4H3. The minimum Gasteiger partial charge on any atom is -0.452 e. The van der Waals surface area contributed by atoms with Crippen molar-refractivity contribution in [3.63, 3.8) is 0 Å². The molecule has 5 nitrogen and oxygen atoms in total. The van der Waals surface area contributed by atoms with E-state index in [-0.39, 0.29) is 12.5 Å². The van der Waals surface area contributed by atoms with Crippen molar-refractivity contribution in [2.45, 2.75) is 19.9 Å². The first kappa shape index (κ1) is 19.5. The Hall–Kier alpha value is -2.82. The molecule has 0 heterocycles. The first-order chi connectivity index (χ1) is 12.4. The Bertz CT molecular complexity index is 737. The molecule has 2 rings (SSSR count). The second-order valence-electron chi connectivity index (χ2n) is 6.44. The molecule has 0 aliphatic rings. The number of carbonyl (C=O) groups excluding carboxylic acids is 2. The van der Waals surface area contributed by atoms with E-state index in [1.165, 1.54) is 0 Å². The molecule has 5 heteroatoms. The number of amides is 1. The van der Waals surface area contributed by atoms with Gasteiger partial charge in [-0.1, -0.05) is 31.2 Å². The van der Waals surface area contributed by atoms with Crippen molar-refractivity contribution in [1.82, 2.24) is 4.90 Å². The van der Waals surface area contributed by atoms with Gasteiger partial charge in [-0.25, -0.2) is 4.79 Å². The fourth-order valence-electron chi connectivity index (χ4n) is 2.46. The Morgan fingerprint density at radius 1 is 0.885 bits per heavy atom. The Labute approximate surface area is 155 Å². The summed E-state index contributed by atoms with van der Waals surface area (Å²) in [6.45, 7) is 2.26.